The van der Waals surface area contributed by atoms with Gasteiger partial charge in [-0.05, 0) is 62.8 Å². The van der Waals surface area contributed by atoms with Crippen molar-refractivity contribution in [1.29, 1.82) is 0 Å². The molecule has 1 fully saturated rings. The average molecular weight is 829 g/mol. The van der Waals surface area contributed by atoms with E-state index in [4.69, 9.17) is 9.72 Å². The molecule has 0 aliphatic heterocycles. The van der Waals surface area contributed by atoms with Crippen LogP contribution in [0.3, 0.4) is 0 Å². The Kier molecular flexibility index (Phi) is 11.0. The number of alkyl halides is 3. The van der Waals surface area contributed by atoms with Crippen molar-refractivity contribution in [1.82, 2.24) is 45.0 Å². The van der Waals surface area contributed by atoms with Crippen molar-refractivity contribution < 1.29 is 27.1 Å². The summed E-state index contributed by atoms with van der Waals surface area (Å²) in [6.45, 7) is 3.87. The number of hydrogen-bond acceptors (Lipinski definition) is 10. The van der Waals surface area contributed by atoms with Crippen molar-refractivity contribution in [2.24, 2.45) is 0 Å². The SMILES string of the molecule is COc1ncnc(C2CC2)c1-c1nccc(N(CCNC(=O)C2=CC(Cc3n[nH]c(=O)c4ccccc34)=C=C=C2F)Cc2c#cc(-c3nc(C(F)(F)F)cn3C(C)C)cc2)n1. The molecule has 2 aromatic carbocycles. The van der Waals surface area contributed by atoms with Crippen LogP contribution in [0.2, 0.25) is 0 Å². The minimum atomic E-state index is -4.62. The van der Waals surface area contributed by atoms with Gasteiger partial charge in [0.2, 0.25) is 5.88 Å². The number of anilines is 1. The van der Waals surface area contributed by atoms with Gasteiger partial charge in [-0.3, -0.25) is 9.59 Å². The van der Waals surface area contributed by atoms with E-state index in [9.17, 15) is 22.8 Å². The van der Waals surface area contributed by atoms with Gasteiger partial charge in [0.1, 0.15) is 23.5 Å². The molecule has 4 heterocycles. The van der Waals surface area contributed by atoms with Gasteiger partial charge in [-0.2, -0.15) is 22.7 Å². The van der Waals surface area contributed by atoms with Gasteiger partial charge in [-0.25, -0.2) is 30.0 Å². The number of aromatic nitrogens is 8. The second-order valence-corrected chi connectivity index (χ2v) is 14.7. The third-order valence-corrected chi connectivity index (χ3v) is 10.1. The molecule has 0 saturated heterocycles. The Balaban J connectivity index is 1.05. The van der Waals surface area contributed by atoms with Gasteiger partial charge in [0.25, 0.3) is 11.5 Å². The standard InChI is InChI=1S/C44H36F4N10O3/c1-25(2)58-23-35(44(46,47)48)53-40(58)29-11-8-26(9-12-29)22-57(36-16-17-49-39(54-36)37-38(28-13-14-28)51-24-52-43(37)61-3)19-18-50-41(59)32-20-27(10-15-33(32)45)21-34-30-6-4-5-7-31(30)42(60)56-55-34/h4-8,11,16-17,20,23-25,28H,13-14,18-19,21-22H2,1-3H3,(H,50,59)(H,56,60). The summed E-state index contributed by atoms with van der Waals surface area (Å²) in [4.78, 5) is 49.8. The summed E-state index contributed by atoms with van der Waals surface area (Å²) in [6, 6.07) is 17.7. The second-order valence-electron chi connectivity index (χ2n) is 14.7. The molecule has 2 aliphatic rings. The third-order valence-electron chi connectivity index (χ3n) is 10.1. The lowest BCUT2D eigenvalue weighted by molar-refractivity contribution is -0.141. The fourth-order valence-corrected chi connectivity index (χ4v) is 6.92. The molecule has 1 amide bonds. The van der Waals surface area contributed by atoms with E-state index >= 15 is 4.39 Å². The maximum Gasteiger partial charge on any atom is 0.434 e. The number of nitrogens with zero attached hydrogens (tertiary/aromatic N) is 8. The Morgan fingerprint density at radius 3 is 2.57 bits per heavy atom. The number of aromatic amines is 1. The number of fused-ring (bicyclic) bond motifs is 1. The van der Waals surface area contributed by atoms with E-state index < -0.39 is 23.6 Å². The van der Waals surface area contributed by atoms with Crippen molar-refractivity contribution >= 4 is 22.5 Å². The van der Waals surface area contributed by atoms with Crippen LogP contribution in [0, 0.1) is 12.1 Å². The molecule has 4 aromatic heterocycles. The molecule has 2 N–H and O–H groups in total. The van der Waals surface area contributed by atoms with Crippen LogP contribution in [0.25, 0.3) is 33.5 Å². The quantitative estimate of drug-likeness (QED) is 0.0870. The first-order chi connectivity index (χ1) is 29.4. The Bertz CT molecular complexity index is 2850. The van der Waals surface area contributed by atoms with Gasteiger partial charge >= 0.3 is 6.18 Å². The number of benzene rings is 1. The molecule has 8 rings (SSSR count). The molecular weight excluding hydrogens is 793 g/mol. The number of ether oxygens (including phenoxy) is 1. The molecule has 61 heavy (non-hydrogen) atoms. The predicted octanol–water partition coefficient (Wildman–Crippen LogP) is 6.96. The minimum Gasteiger partial charge on any atom is -0.480 e. The molecule has 0 atom stereocenters. The van der Waals surface area contributed by atoms with Gasteiger partial charge in [0.15, 0.2) is 17.3 Å². The van der Waals surface area contributed by atoms with E-state index in [-0.39, 0.29) is 55.0 Å². The fraction of sp³-hybridized carbons (Fsp3) is 0.273. The smallest absolute Gasteiger partial charge is 0.434 e. The topological polar surface area (TPSA) is 157 Å². The summed E-state index contributed by atoms with van der Waals surface area (Å²) in [5, 5.41) is 10.5. The van der Waals surface area contributed by atoms with Crippen LogP contribution in [0.4, 0.5) is 23.4 Å². The fourth-order valence-electron chi connectivity index (χ4n) is 6.92. The van der Waals surface area contributed by atoms with Crippen LogP contribution in [0.5, 0.6) is 5.88 Å². The van der Waals surface area contributed by atoms with Crippen LogP contribution in [0.1, 0.15) is 61.3 Å². The van der Waals surface area contributed by atoms with Crippen LogP contribution >= 0.6 is 0 Å². The van der Waals surface area contributed by atoms with E-state index in [2.05, 4.69) is 59.0 Å². The Morgan fingerprint density at radius 1 is 1.05 bits per heavy atom. The monoisotopic (exact) mass is 828 g/mol. The zero-order valence-corrected chi connectivity index (χ0v) is 33.1. The Hall–Kier alpha value is -7.40. The molecule has 13 nitrogen and oxygen atoms in total. The number of allylic oxidation sites excluding steroid dienone is 2. The highest BCUT2D eigenvalue weighted by Gasteiger charge is 2.35. The zero-order chi connectivity index (χ0) is 42.8. The number of carbonyl (C=O) groups is 1. The maximum atomic E-state index is 15.1. The lowest BCUT2D eigenvalue weighted by Gasteiger charge is -2.24. The van der Waals surface area contributed by atoms with Gasteiger partial charge in [-0.1, -0.05) is 36.1 Å². The highest BCUT2D eigenvalue weighted by atomic mass is 19.4. The number of hydrogen-bond donors (Lipinski definition) is 2. The summed E-state index contributed by atoms with van der Waals surface area (Å²) >= 11 is 0. The number of nitrogens with one attached hydrogen (secondary N) is 2. The molecule has 0 unspecified atom stereocenters. The summed E-state index contributed by atoms with van der Waals surface area (Å²) in [5.41, 5.74) is 6.74. The number of halogens is 4. The first-order valence-electron chi connectivity index (χ1n) is 19.3. The van der Waals surface area contributed by atoms with Crippen LogP contribution < -0.4 is 20.5 Å². The molecule has 17 heteroatoms. The molecule has 0 spiro atoms. The first-order valence-corrected chi connectivity index (χ1v) is 19.3. The molecular formula is C44H36F4N10O3. The maximum absolute atomic E-state index is 15.1. The Morgan fingerprint density at radius 2 is 1.85 bits per heavy atom. The van der Waals surface area contributed by atoms with Crippen molar-refractivity contribution in [3.63, 3.8) is 0 Å². The normalized spacial score (nSPS) is 13.7. The van der Waals surface area contributed by atoms with E-state index in [0.29, 0.717) is 56.3 Å². The van der Waals surface area contributed by atoms with Gasteiger partial charge < -0.3 is 19.5 Å². The predicted molar refractivity (Wildman–Crippen MR) is 216 cm³/mol. The number of methoxy groups -OCH3 is 1. The lowest BCUT2D eigenvalue weighted by atomic mass is 10.0. The zero-order valence-electron chi connectivity index (χ0n) is 33.1. The van der Waals surface area contributed by atoms with Crippen molar-refractivity contribution in [2.45, 2.75) is 57.8 Å². The molecule has 0 radical (unpaired) electrons. The largest absolute Gasteiger partial charge is 0.480 e. The van der Waals surface area contributed by atoms with Crippen LogP contribution in [0.15, 0.2) is 100 Å². The van der Waals surface area contributed by atoms with E-state index in [1.165, 1.54) is 24.1 Å². The third kappa shape index (κ3) is 8.67. The van der Waals surface area contributed by atoms with Crippen LogP contribution in [-0.4, -0.2) is 65.8 Å². The number of imidazole rings is 1. The number of carbonyl (C=O) groups excluding carboxylic acids is 1. The highest BCUT2D eigenvalue weighted by Crippen LogP contribution is 2.45. The summed E-state index contributed by atoms with van der Waals surface area (Å²) in [7, 11) is 1.51. The number of rotatable bonds is 14. The van der Waals surface area contributed by atoms with E-state index in [0.717, 1.165) is 24.7 Å². The van der Waals surface area contributed by atoms with Gasteiger partial charge in [-0.15, -0.1) is 0 Å². The number of H-pyrrole nitrogens is 1. The molecule has 1 saturated carbocycles. The van der Waals surface area contributed by atoms with E-state index in [1.807, 2.05) is 4.90 Å². The summed E-state index contributed by atoms with van der Waals surface area (Å²) in [5.74, 6) is -0.176. The highest BCUT2D eigenvalue weighted by molar-refractivity contribution is 5.98. The molecule has 308 valence electrons. The second kappa shape index (κ2) is 16.7. The van der Waals surface area contributed by atoms with Gasteiger partial charge in [0.05, 0.1) is 41.6 Å². The van der Waals surface area contributed by atoms with Gasteiger partial charge in [0, 0.05) is 60.4 Å². The molecule has 2 aliphatic carbocycles. The summed E-state index contributed by atoms with van der Waals surface area (Å²) < 4.78 is 63.0. The molecule has 0 bridgehead atoms. The lowest BCUT2D eigenvalue weighted by Crippen LogP contribution is -2.36. The van der Waals surface area contributed by atoms with Crippen molar-refractivity contribution in [3.8, 4) is 28.7 Å². The summed E-state index contributed by atoms with van der Waals surface area (Å²) in [6.07, 6.45) is 2.82. The van der Waals surface area contributed by atoms with Crippen molar-refractivity contribution in [2.75, 3.05) is 25.1 Å². The van der Waals surface area contributed by atoms with Crippen LogP contribution in [-0.2, 0) is 23.9 Å². The van der Waals surface area contributed by atoms with Crippen molar-refractivity contribution in [3.05, 3.63) is 141 Å². The average Bonchev–Trinajstić information content (AvgIpc) is 4.00. The Labute approximate surface area is 346 Å². The van der Waals surface area contributed by atoms with E-state index in [1.54, 1.807) is 62.5 Å². The molecule has 6 aromatic rings. The number of amides is 1. The first kappa shape index (κ1) is 40.4. The minimum absolute atomic E-state index is 0.0244.